The van der Waals surface area contributed by atoms with Gasteiger partial charge in [-0.1, -0.05) is 19.3 Å². The van der Waals surface area contributed by atoms with E-state index in [0.29, 0.717) is 6.04 Å². The van der Waals surface area contributed by atoms with Gasteiger partial charge < -0.3 is 9.88 Å². The van der Waals surface area contributed by atoms with E-state index in [0.717, 1.165) is 33.6 Å². The summed E-state index contributed by atoms with van der Waals surface area (Å²) in [6.45, 7) is 0. The van der Waals surface area contributed by atoms with Gasteiger partial charge in [-0.15, -0.1) is 11.3 Å². The van der Waals surface area contributed by atoms with Gasteiger partial charge in [0.15, 0.2) is 0 Å². The third-order valence-electron chi connectivity index (χ3n) is 4.45. The molecule has 1 aliphatic rings. The molecule has 118 valence electrons. The zero-order valence-electron chi connectivity index (χ0n) is 12.9. The number of rotatable bonds is 3. The second-order valence-electron chi connectivity index (χ2n) is 6.03. The third kappa shape index (κ3) is 2.77. The zero-order valence-corrected chi connectivity index (χ0v) is 13.7. The van der Waals surface area contributed by atoms with Gasteiger partial charge in [0.2, 0.25) is 0 Å². The van der Waals surface area contributed by atoms with Crippen LogP contribution in [0.25, 0.3) is 15.9 Å². The average Bonchev–Trinajstić information content (AvgIpc) is 3.22. The number of carbonyl (C=O) groups excluding carboxylic acids is 1. The van der Waals surface area contributed by atoms with Crippen molar-refractivity contribution in [3.8, 4) is 5.69 Å². The Bertz CT molecular complexity index is 816. The topological polar surface area (TPSA) is 46.9 Å². The molecule has 0 atom stereocenters. The molecule has 0 aromatic carbocycles. The van der Waals surface area contributed by atoms with Crippen molar-refractivity contribution in [1.29, 1.82) is 0 Å². The van der Waals surface area contributed by atoms with Crippen LogP contribution in [0.5, 0.6) is 0 Å². The Morgan fingerprint density at radius 3 is 2.74 bits per heavy atom. The molecule has 1 aliphatic carbocycles. The summed E-state index contributed by atoms with van der Waals surface area (Å²) in [5.41, 5.74) is 0.941. The fraction of sp³-hybridized carbons (Fsp3) is 0.333. The number of hydrogen-bond acceptors (Lipinski definition) is 3. The minimum Gasteiger partial charge on any atom is -0.349 e. The van der Waals surface area contributed by atoms with Gasteiger partial charge in [0.1, 0.15) is 9.71 Å². The SMILES string of the molecule is O=C(NC1CCCCC1)c1sc2ncccc2c1-n1cccc1. The summed E-state index contributed by atoms with van der Waals surface area (Å²) < 4.78 is 2.01. The van der Waals surface area contributed by atoms with Crippen molar-refractivity contribution in [3.63, 3.8) is 0 Å². The molecule has 0 spiro atoms. The highest BCUT2D eigenvalue weighted by Crippen LogP contribution is 2.33. The molecule has 0 unspecified atom stereocenters. The highest BCUT2D eigenvalue weighted by atomic mass is 32.1. The number of pyridine rings is 1. The van der Waals surface area contributed by atoms with Gasteiger partial charge in [-0.3, -0.25) is 4.79 Å². The molecule has 5 heteroatoms. The van der Waals surface area contributed by atoms with Crippen LogP contribution in [0.2, 0.25) is 0 Å². The minimum absolute atomic E-state index is 0.0311. The van der Waals surface area contributed by atoms with Crippen molar-refractivity contribution in [2.24, 2.45) is 0 Å². The Morgan fingerprint density at radius 2 is 1.96 bits per heavy atom. The normalized spacial score (nSPS) is 15.8. The first-order chi connectivity index (χ1) is 11.3. The molecule has 1 fully saturated rings. The molecular formula is C18H19N3OS. The average molecular weight is 325 g/mol. The Hall–Kier alpha value is -2.14. The molecule has 3 aromatic rings. The van der Waals surface area contributed by atoms with Crippen LogP contribution in [0.1, 0.15) is 41.8 Å². The summed E-state index contributed by atoms with van der Waals surface area (Å²) in [4.78, 5) is 18.9. The lowest BCUT2D eigenvalue weighted by molar-refractivity contribution is 0.0932. The summed E-state index contributed by atoms with van der Waals surface area (Å²) >= 11 is 1.47. The first-order valence-electron chi connectivity index (χ1n) is 8.14. The highest BCUT2D eigenvalue weighted by Gasteiger charge is 2.23. The fourth-order valence-electron chi connectivity index (χ4n) is 3.31. The van der Waals surface area contributed by atoms with Crippen LogP contribution in [0.4, 0.5) is 0 Å². The molecule has 0 radical (unpaired) electrons. The van der Waals surface area contributed by atoms with Crippen molar-refractivity contribution >= 4 is 27.5 Å². The van der Waals surface area contributed by atoms with Gasteiger partial charge in [0.25, 0.3) is 5.91 Å². The summed E-state index contributed by atoms with van der Waals surface area (Å²) in [6.07, 6.45) is 11.6. The Labute approximate surface area is 139 Å². The van der Waals surface area contributed by atoms with E-state index in [2.05, 4.69) is 10.3 Å². The smallest absolute Gasteiger partial charge is 0.263 e. The third-order valence-corrected chi connectivity index (χ3v) is 5.55. The fourth-order valence-corrected chi connectivity index (χ4v) is 4.36. The predicted octanol–water partition coefficient (Wildman–Crippen LogP) is 4.15. The van der Waals surface area contributed by atoms with Crippen molar-refractivity contribution < 1.29 is 4.79 Å². The van der Waals surface area contributed by atoms with Crippen LogP contribution in [0.15, 0.2) is 42.9 Å². The summed E-state index contributed by atoms with van der Waals surface area (Å²) in [5.74, 6) is 0.0311. The highest BCUT2D eigenvalue weighted by molar-refractivity contribution is 7.21. The van der Waals surface area contributed by atoms with Gasteiger partial charge in [-0.25, -0.2) is 4.98 Å². The summed E-state index contributed by atoms with van der Waals surface area (Å²) in [5, 5.41) is 4.26. The van der Waals surface area contributed by atoms with E-state index in [1.165, 1.54) is 30.6 Å². The molecule has 23 heavy (non-hydrogen) atoms. The number of carbonyl (C=O) groups is 1. The Morgan fingerprint density at radius 1 is 1.17 bits per heavy atom. The minimum atomic E-state index is 0.0311. The van der Waals surface area contributed by atoms with Crippen LogP contribution in [0, 0.1) is 0 Å². The molecule has 0 saturated heterocycles. The van der Waals surface area contributed by atoms with Crippen LogP contribution in [-0.2, 0) is 0 Å². The summed E-state index contributed by atoms with van der Waals surface area (Å²) in [6, 6.07) is 8.22. The molecule has 4 rings (SSSR count). The molecule has 1 amide bonds. The van der Waals surface area contributed by atoms with Crippen molar-refractivity contribution in [2.45, 2.75) is 38.1 Å². The van der Waals surface area contributed by atoms with Gasteiger partial charge in [-0.05, 0) is 37.1 Å². The van der Waals surface area contributed by atoms with Gasteiger partial charge in [0, 0.05) is 30.0 Å². The number of hydrogen-bond donors (Lipinski definition) is 1. The largest absolute Gasteiger partial charge is 0.349 e. The molecule has 1 N–H and O–H groups in total. The number of thiophene rings is 1. The van der Waals surface area contributed by atoms with E-state index >= 15 is 0 Å². The van der Waals surface area contributed by atoms with Crippen molar-refractivity contribution in [3.05, 3.63) is 47.7 Å². The molecule has 0 aliphatic heterocycles. The molecular weight excluding hydrogens is 306 g/mol. The Kier molecular flexibility index (Phi) is 3.87. The van der Waals surface area contributed by atoms with Gasteiger partial charge >= 0.3 is 0 Å². The number of nitrogens with zero attached hydrogens (tertiary/aromatic N) is 2. The van der Waals surface area contributed by atoms with Gasteiger partial charge in [-0.2, -0.15) is 0 Å². The Balaban J connectivity index is 1.73. The van der Waals surface area contributed by atoms with Crippen LogP contribution in [0.3, 0.4) is 0 Å². The van der Waals surface area contributed by atoms with Crippen molar-refractivity contribution in [1.82, 2.24) is 14.9 Å². The lowest BCUT2D eigenvalue weighted by Gasteiger charge is -2.22. The first-order valence-corrected chi connectivity index (χ1v) is 8.96. The standard InChI is InChI=1S/C18H19N3OS/c22-17(20-13-7-2-1-3-8-13)16-15(21-11-4-5-12-21)14-9-6-10-19-18(14)23-16/h4-6,9-13H,1-3,7-8H2,(H,20,22). The zero-order chi connectivity index (χ0) is 15.6. The van der Waals surface area contributed by atoms with E-state index in [9.17, 15) is 4.79 Å². The van der Waals surface area contributed by atoms with Crippen LogP contribution < -0.4 is 5.32 Å². The van der Waals surface area contributed by atoms with E-state index < -0.39 is 0 Å². The first kappa shape index (κ1) is 14.5. The predicted molar refractivity (Wildman–Crippen MR) is 93.3 cm³/mol. The maximum Gasteiger partial charge on any atom is 0.263 e. The monoisotopic (exact) mass is 325 g/mol. The quantitative estimate of drug-likeness (QED) is 0.786. The lowest BCUT2D eigenvalue weighted by Crippen LogP contribution is -2.36. The maximum absolute atomic E-state index is 12.9. The van der Waals surface area contributed by atoms with E-state index in [1.807, 2.05) is 41.2 Å². The molecule has 3 aromatic heterocycles. The van der Waals surface area contributed by atoms with Crippen molar-refractivity contribution in [2.75, 3.05) is 0 Å². The number of aromatic nitrogens is 2. The number of amides is 1. The van der Waals surface area contributed by atoms with E-state index in [4.69, 9.17) is 0 Å². The number of nitrogens with one attached hydrogen (secondary N) is 1. The van der Waals surface area contributed by atoms with Crippen LogP contribution in [-0.4, -0.2) is 21.5 Å². The maximum atomic E-state index is 12.9. The molecule has 1 saturated carbocycles. The second-order valence-corrected chi connectivity index (χ2v) is 7.03. The molecule has 4 nitrogen and oxygen atoms in total. The van der Waals surface area contributed by atoms with E-state index in [1.54, 1.807) is 6.20 Å². The van der Waals surface area contributed by atoms with Gasteiger partial charge in [0.05, 0.1) is 5.69 Å². The lowest BCUT2D eigenvalue weighted by atomic mass is 9.95. The molecule has 3 heterocycles. The second kappa shape index (κ2) is 6.16. The van der Waals surface area contributed by atoms with E-state index in [-0.39, 0.29) is 5.91 Å². The molecule has 0 bridgehead atoms. The number of fused-ring (bicyclic) bond motifs is 1. The van der Waals surface area contributed by atoms with Crippen LogP contribution >= 0.6 is 11.3 Å². The summed E-state index contributed by atoms with van der Waals surface area (Å²) in [7, 11) is 0.